The third-order valence-electron chi connectivity index (χ3n) is 3.18. The molecule has 2 atom stereocenters. The standard InChI is InChI=1S/C16H28N2O4/c1-6-18(10-13(4)9-17)15(19)11-22-16(20)14(5)21-8-7-12(2)3/h12-14H,6-8,10-11H2,1-5H3. The Morgan fingerprint density at radius 3 is 2.36 bits per heavy atom. The maximum atomic E-state index is 12.0. The molecule has 6 heteroatoms. The summed E-state index contributed by atoms with van der Waals surface area (Å²) in [4.78, 5) is 25.2. The number of hydrogen-bond donors (Lipinski definition) is 0. The van der Waals surface area contributed by atoms with Crippen molar-refractivity contribution in [2.45, 2.75) is 47.1 Å². The molecule has 0 spiro atoms. The van der Waals surface area contributed by atoms with Crippen molar-refractivity contribution in [2.75, 3.05) is 26.3 Å². The molecule has 0 saturated carbocycles. The Labute approximate surface area is 133 Å². The molecule has 0 fully saturated rings. The first kappa shape index (κ1) is 20.4. The Morgan fingerprint density at radius 1 is 1.23 bits per heavy atom. The van der Waals surface area contributed by atoms with Gasteiger partial charge in [0.2, 0.25) is 0 Å². The first-order chi connectivity index (χ1) is 10.3. The second-order valence-corrected chi connectivity index (χ2v) is 5.77. The zero-order chi connectivity index (χ0) is 17.1. The smallest absolute Gasteiger partial charge is 0.335 e. The van der Waals surface area contributed by atoms with E-state index in [2.05, 4.69) is 19.9 Å². The molecule has 0 heterocycles. The van der Waals surface area contributed by atoms with E-state index in [1.54, 1.807) is 13.8 Å². The molecule has 0 saturated heterocycles. The third-order valence-corrected chi connectivity index (χ3v) is 3.18. The van der Waals surface area contributed by atoms with Gasteiger partial charge in [-0.25, -0.2) is 4.79 Å². The quantitative estimate of drug-likeness (QED) is 0.576. The van der Waals surface area contributed by atoms with E-state index >= 15 is 0 Å². The predicted octanol–water partition coefficient (Wildman–Crippen LogP) is 1.99. The van der Waals surface area contributed by atoms with E-state index in [-0.39, 0.29) is 18.4 Å². The summed E-state index contributed by atoms with van der Waals surface area (Å²) >= 11 is 0. The van der Waals surface area contributed by atoms with Gasteiger partial charge in [0, 0.05) is 19.7 Å². The van der Waals surface area contributed by atoms with Gasteiger partial charge in [-0.3, -0.25) is 4.79 Å². The lowest BCUT2D eigenvalue weighted by Crippen LogP contribution is -2.38. The summed E-state index contributed by atoms with van der Waals surface area (Å²) in [5, 5.41) is 8.78. The Balaban J connectivity index is 4.15. The van der Waals surface area contributed by atoms with Gasteiger partial charge in [0.05, 0.1) is 12.0 Å². The fraction of sp³-hybridized carbons (Fsp3) is 0.812. The second kappa shape index (κ2) is 11.0. The van der Waals surface area contributed by atoms with E-state index in [4.69, 9.17) is 14.7 Å². The topological polar surface area (TPSA) is 79.6 Å². The number of ether oxygens (including phenoxy) is 2. The van der Waals surface area contributed by atoms with Crippen LogP contribution in [0.15, 0.2) is 0 Å². The molecule has 0 aliphatic heterocycles. The van der Waals surface area contributed by atoms with Crippen LogP contribution in [0, 0.1) is 23.2 Å². The highest BCUT2D eigenvalue weighted by atomic mass is 16.6. The normalized spacial score (nSPS) is 13.3. The van der Waals surface area contributed by atoms with Crippen molar-refractivity contribution in [2.24, 2.45) is 11.8 Å². The Bertz CT molecular complexity index is 390. The summed E-state index contributed by atoms with van der Waals surface area (Å²) in [5.41, 5.74) is 0. The summed E-state index contributed by atoms with van der Waals surface area (Å²) in [6, 6.07) is 2.08. The van der Waals surface area contributed by atoms with Crippen molar-refractivity contribution in [1.29, 1.82) is 5.26 Å². The Morgan fingerprint density at radius 2 is 1.86 bits per heavy atom. The van der Waals surface area contributed by atoms with Crippen LogP contribution in [0.2, 0.25) is 0 Å². The lowest BCUT2D eigenvalue weighted by Gasteiger charge is -2.22. The van der Waals surface area contributed by atoms with Crippen LogP contribution in [0.25, 0.3) is 0 Å². The van der Waals surface area contributed by atoms with E-state index in [0.717, 1.165) is 6.42 Å². The number of likely N-dealkylation sites (N-methyl/N-ethyl adjacent to an activating group) is 1. The van der Waals surface area contributed by atoms with Gasteiger partial charge in [0.15, 0.2) is 12.7 Å². The van der Waals surface area contributed by atoms with E-state index in [1.165, 1.54) is 4.90 Å². The van der Waals surface area contributed by atoms with E-state index in [9.17, 15) is 9.59 Å². The van der Waals surface area contributed by atoms with Crippen LogP contribution >= 0.6 is 0 Å². The molecule has 6 nitrogen and oxygen atoms in total. The van der Waals surface area contributed by atoms with Crippen molar-refractivity contribution < 1.29 is 19.1 Å². The average molecular weight is 312 g/mol. The second-order valence-electron chi connectivity index (χ2n) is 5.77. The van der Waals surface area contributed by atoms with Gasteiger partial charge in [-0.2, -0.15) is 5.26 Å². The van der Waals surface area contributed by atoms with Crippen LogP contribution in [0.4, 0.5) is 0 Å². The number of nitrogens with zero attached hydrogens (tertiary/aromatic N) is 2. The minimum atomic E-state index is -0.681. The van der Waals surface area contributed by atoms with E-state index in [1.807, 2.05) is 6.92 Å². The van der Waals surface area contributed by atoms with E-state index < -0.39 is 12.1 Å². The molecule has 22 heavy (non-hydrogen) atoms. The molecule has 0 aromatic carbocycles. The maximum Gasteiger partial charge on any atom is 0.335 e. The van der Waals surface area contributed by atoms with Crippen molar-refractivity contribution >= 4 is 11.9 Å². The molecular weight excluding hydrogens is 284 g/mol. The minimum absolute atomic E-state index is 0.252. The third kappa shape index (κ3) is 8.63. The predicted molar refractivity (Wildman–Crippen MR) is 82.9 cm³/mol. The molecule has 0 aliphatic rings. The van der Waals surface area contributed by atoms with Crippen molar-refractivity contribution in [3.05, 3.63) is 0 Å². The van der Waals surface area contributed by atoms with Crippen LogP contribution in [-0.4, -0.2) is 49.2 Å². The van der Waals surface area contributed by atoms with Gasteiger partial charge in [-0.1, -0.05) is 13.8 Å². The molecule has 0 rings (SSSR count). The molecular formula is C16H28N2O4. The van der Waals surface area contributed by atoms with Gasteiger partial charge < -0.3 is 14.4 Å². The monoisotopic (exact) mass is 312 g/mol. The molecule has 0 aromatic heterocycles. The van der Waals surface area contributed by atoms with Gasteiger partial charge in [-0.05, 0) is 33.1 Å². The molecule has 2 unspecified atom stereocenters. The Kier molecular flexibility index (Phi) is 10.2. The summed E-state index contributed by atoms with van der Waals surface area (Å²) in [5.74, 6) is -0.586. The van der Waals surface area contributed by atoms with Gasteiger partial charge in [-0.15, -0.1) is 0 Å². The molecule has 0 aromatic rings. The van der Waals surface area contributed by atoms with Crippen LogP contribution < -0.4 is 0 Å². The summed E-state index contributed by atoms with van der Waals surface area (Å²) in [6.07, 6.45) is 0.186. The lowest BCUT2D eigenvalue weighted by molar-refractivity contribution is -0.161. The van der Waals surface area contributed by atoms with Crippen LogP contribution in [-0.2, 0) is 19.1 Å². The Hall–Kier alpha value is -1.61. The summed E-state index contributed by atoms with van der Waals surface area (Å²) < 4.78 is 10.4. The number of hydrogen-bond acceptors (Lipinski definition) is 5. The number of amides is 1. The largest absolute Gasteiger partial charge is 0.454 e. The highest BCUT2D eigenvalue weighted by Gasteiger charge is 2.20. The number of carbonyl (C=O) groups excluding carboxylic acids is 2. The van der Waals surface area contributed by atoms with Crippen molar-refractivity contribution in [1.82, 2.24) is 4.90 Å². The fourth-order valence-electron chi connectivity index (χ4n) is 1.67. The molecule has 0 radical (unpaired) electrons. The highest BCUT2D eigenvalue weighted by molar-refractivity contribution is 5.81. The lowest BCUT2D eigenvalue weighted by atomic mass is 10.1. The molecule has 0 aliphatic carbocycles. The van der Waals surface area contributed by atoms with Gasteiger partial charge in [0.25, 0.3) is 5.91 Å². The maximum absolute atomic E-state index is 12.0. The number of carbonyl (C=O) groups is 2. The van der Waals surface area contributed by atoms with E-state index in [0.29, 0.717) is 25.6 Å². The van der Waals surface area contributed by atoms with Crippen LogP contribution in [0.5, 0.6) is 0 Å². The number of esters is 1. The minimum Gasteiger partial charge on any atom is -0.454 e. The van der Waals surface area contributed by atoms with Gasteiger partial charge in [0.1, 0.15) is 0 Å². The number of nitriles is 1. The molecule has 0 N–H and O–H groups in total. The average Bonchev–Trinajstić information content (AvgIpc) is 2.48. The first-order valence-corrected chi connectivity index (χ1v) is 7.77. The van der Waals surface area contributed by atoms with Crippen LogP contribution in [0.3, 0.4) is 0 Å². The highest BCUT2D eigenvalue weighted by Crippen LogP contribution is 2.04. The SMILES string of the molecule is CCN(CC(C)C#N)C(=O)COC(=O)C(C)OCCC(C)C. The van der Waals surface area contributed by atoms with Crippen molar-refractivity contribution in [3.8, 4) is 6.07 Å². The zero-order valence-corrected chi connectivity index (χ0v) is 14.3. The summed E-state index contributed by atoms with van der Waals surface area (Å²) in [7, 11) is 0. The molecule has 1 amide bonds. The number of rotatable bonds is 10. The van der Waals surface area contributed by atoms with Crippen LogP contribution in [0.1, 0.15) is 41.0 Å². The molecule has 126 valence electrons. The van der Waals surface area contributed by atoms with Gasteiger partial charge >= 0.3 is 5.97 Å². The first-order valence-electron chi connectivity index (χ1n) is 7.77. The summed E-state index contributed by atoms with van der Waals surface area (Å²) in [6.45, 7) is 10.3. The zero-order valence-electron chi connectivity index (χ0n) is 14.3. The van der Waals surface area contributed by atoms with Crippen molar-refractivity contribution in [3.63, 3.8) is 0 Å². The fourth-order valence-corrected chi connectivity index (χ4v) is 1.67. The molecule has 0 bridgehead atoms.